The van der Waals surface area contributed by atoms with Crippen LogP contribution in [0.4, 0.5) is 0 Å². The van der Waals surface area contributed by atoms with E-state index in [0.717, 1.165) is 12.8 Å². The summed E-state index contributed by atoms with van der Waals surface area (Å²) in [7, 11) is 0. The van der Waals surface area contributed by atoms with Gasteiger partial charge in [-0.2, -0.15) is 0 Å². The number of carbonyl (C=O) groups is 1. The zero-order valence-corrected chi connectivity index (χ0v) is 9.52. The van der Waals surface area contributed by atoms with Crippen LogP contribution in [-0.2, 0) is 4.79 Å². The van der Waals surface area contributed by atoms with Crippen molar-refractivity contribution in [2.45, 2.75) is 58.9 Å². The van der Waals surface area contributed by atoms with Crippen molar-refractivity contribution in [3.05, 3.63) is 0 Å². The Morgan fingerprint density at radius 3 is 2.21 bits per heavy atom. The van der Waals surface area contributed by atoms with Crippen LogP contribution in [0, 0.1) is 10.8 Å². The van der Waals surface area contributed by atoms with E-state index < -0.39 is 0 Å². The van der Waals surface area contributed by atoms with E-state index in [1.165, 1.54) is 19.3 Å². The van der Waals surface area contributed by atoms with Crippen molar-refractivity contribution in [3.8, 4) is 0 Å². The first-order chi connectivity index (χ1) is 6.47. The minimum atomic E-state index is 0.0104. The summed E-state index contributed by atoms with van der Waals surface area (Å²) >= 11 is 0. The number of β-lactam (4-membered cyclic amide) rings is 1. The van der Waals surface area contributed by atoms with Crippen LogP contribution >= 0.6 is 0 Å². The molecular formula is C12H21NO. The molecule has 1 amide bonds. The average Bonchev–Trinajstić information content (AvgIpc) is 2.14. The first-order valence-electron chi connectivity index (χ1n) is 5.78. The highest BCUT2D eigenvalue weighted by molar-refractivity contribution is 5.90. The maximum absolute atomic E-state index is 11.8. The molecule has 2 rings (SSSR count). The highest BCUT2D eigenvalue weighted by atomic mass is 16.2. The lowest BCUT2D eigenvalue weighted by Gasteiger charge is -2.56. The molecule has 2 aliphatic rings. The summed E-state index contributed by atoms with van der Waals surface area (Å²) in [6.07, 6.45) is 6.01. The zero-order chi connectivity index (χ0) is 10.4. The van der Waals surface area contributed by atoms with Gasteiger partial charge in [0.25, 0.3) is 0 Å². The molecule has 0 aromatic heterocycles. The summed E-state index contributed by atoms with van der Waals surface area (Å²) in [6, 6.07) is 0.405. The van der Waals surface area contributed by atoms with Gasteiger partial charge in [0, 0.05) is 6.04 Å². The SMILES string of the molecule is CC(C)(C)C1NC(=O)C12CCCCC2. The van der Waals surface area contributed by atoms with E-state index in [-0.39, 0.29) is 10.8 Å². The van der Waals surface area contributed by atoms with Crippen LogP contribution in [0.2, 0.25) is 0 Å². The highest BCUT2D eigenvalue weighted by Gasteiger charge is 2.58. The molecule has 1 saturated carbocycles. The molecule has 0 aromatic rings. The van der Waals surface area contributed by atoms with Gasteiger partial charge in [0.15, 0.2) is 0 Å². The summed E-state index contributed by atoms with van der Waals surface area (Å²) in [6.45, 7) is 6.69. The predicted octanol–water partition coefficient (Wildman–Crippen LogP) is 2.48. The monoisotopic (exact) mass is 195 g/mol. The maximum atomic E-state index is 11.8. The van der Waals surface area contributed by atoms with E-state index >= 15 is 0 Å². The Hall–Kier alpha value is -0.530. The number of carbonyl (C=O) groups excluding carboxylic acids is 1. The molecule has 1 heterocycles. The van der Waals surface area contributed by atoms with Crippen molar-refractivity contribution in [2.75, 3.05) is 0 Å². The van der Waals surface area contributed by atoms with Crippen molar-refractivity contribution in [2.24, 2.45) is 10.8 Å². The molecule has 1 aliphatic heterocycles. The molecule has 0 radical (unpaired) electrons. The third-order valence-corrected chi connectivity index (χ3v) is 3.89. The molecule has 1 N–H and O–H groups in total. The Morgan fingerprint density at radius 1 is 1.21 bits per heavy atom. The lowest BCUT2D eigenvalue weighted by Crippen LogP contribution is -2.71. The standard InChI is InChI=1S/C12H21NO/c1-11(2,3)9-12(10(14)13-9)7-5-4-6-8-12/h9H,4-8H2,1-3H3,(H,13,14). The van der Waals surface area contributed by atoms with E-state index in [9.17, 15) is 4.79 Å². The van der Waals surface area contributed by atoms with Gasteiger partial charge >= 0.3 is 0 Å². The zero-order valence-electron chi connectivity index (χ0n) is 9.52. The Labute approximate surface area is 86.5 Å². The van der Waals surface area contributed by atoms with Gasteiger partial charge in [0.1, 0.15) is 0 Å². The second kappa shape index (κ2) is 2.98. The quantitative estimate of drug-likeness (QED) is 0.591. The minimum Gasteiger partial charge on any atom is -0.351 e. The van der Waals surface area contributed by atoms with E-state index in [1.807, 2.05) is 0 Å². The summed E-state index contributed by atoms with van der Waals surface area (Å²) in [5.41, 5.74) is 0.224. The molecule has 1 atom stereocenters. The third kappa shape index (κ3) is 1.27. The van der Waals surface area contributed by atoms with Gasteiger partial charge in [0.2, 0.25) is 5.91 Å². The number of hydrogen-bond acceptors (Lipinski definition) is 1. The van der Waals surface area contributed by atoms with E-state index in [4.69, 9.17) is 0 Å². The van der Waals surface area contributed by atoms with Crippen LogP contribution in [0.25, 0.3) is 0 Å². The summed E-state index contributed by atoms with van der Waals surface area (Å²) in [5.74, 6) is 0.317. The molecule has 2 fully saturated rings. The average molecular weight is 195 g/mol. The normalized spacial score (nSPS) is 31.1. The fourth-order valence-corrected chi connectivity index (χ4v) is 3.21. The summed E-state index contributed by atoms with van der Waals surface area (Å²) < 4.78 is 0. The topological polar surface area (TPSA) is 29.1 Å². The molecule has 2 heteroatoms. The molecule has 0 aromatic carbocycles. The van der Waals surface area contributed by atoms with E-state index in [2.05, 4.69) is 26.1 Å². The van der Waals surface area contributed by atoms with Gasteiger partial charge in [-0.15, -0.1) is 0 Å². The molecule has 80 valence electrons. The van der Waals surface area contributed by atoms with Gasteiger partial charge in [0.05, 0.1) is 5.41 Å². The van der Waals surface area contributed by atoms with Crippen molar-refractivity contribution >= 4 is 5.91 Å². The van der Waals surface area contributed by atoms with Crippen molar-refractivity contribution < 1.29 is 4.79 Å². The molecule has 1 unspecified atom stereocenters. The Balaban J connectivity index is 2.18. The van der Waals surface area contributed by atoms with Crippen LogP contribution in [0.1, 0.15) is 52.9 Å². The fourth-order valence-electron chi connectivity index (χ4n) is 3.21. The van der Waals surface area contributed by atoms with Gasteiger partial charge in [-0.1, -0.05) is 40.0 Å². The van der Waals surface area contributed by atoms with E-state index in [0.29, 0.717) is 11.9 Å². The fraction of sp³-hybridized carbons (Fsp3) is 0.917. The summed E-state index contributed by atoms with van der Waals surface area (Å²) in [5, 5.41) is 3.10. The molecule has 14 heavy (non-hydrogen) atoms. The second-order valence-electron chi connectivity index (χ2n) is 5.99. The van der Waals surface area contributed by atoms with Crippen LogP contribution < -0.4 is 5.32 Å². The lowest BCUT2D eigenvalue weighted by atomic mass is 9.57. The first kappa shape index (κ1) is 10.0. The number of amides is 1. The van der Waals surface area contributed by atoms with Crippen molar-refractivity contribution in [3.63, 3.8) is 0 Å². The number of hydrogen-bond donors (Lipinski definition) is 1. The third-order valence-electron chi connectivity index (χ3n) is 3.89. The molecule has 1 saturated heterocycles. The Bertz CT molecular complexity index is 246. The second-order valence-corrected chi connectivity index (χ2v) is 5.99. The van der Waals surface area contributed by atoms with Crippen molar-refractivity contribution in [1.82, 2.24) is 5.32 Å². The van der Waals surface area contributed by atoms with Crippen molar-refractivity contribution in [1.29, 1.82) is 0 Å². The van der Waals surface area contributed by atoms with Gasteiger partial charge in [-0.3, -0.25) is 4.79 Å². The van der Waals surface area contributed by atoms with Gasteiger partial charge in [-0.05, 0) is 18.3 Å². The van der Waals surface area contributed by atoms with Crippen LogP contribution in [0.15, 0.2) is 0 Å². The number of rotatable bonds is 0. The molecular weight excluding hydrogens is 174 g/mol. The van der Waals surface area contributed by atoms with Crippen LogP contribution in [-0.4, -0.2) is 11.9 Å². The van der Waals surface area contributed by atoms with Gasteiger partial charge in [-0.25, -0.2) is 0 Å². The Kier molecular flexibility index (Phi) is 2.13. The lowest BCUT2D eigenvalue weighted by molar-refractivity contribution is -0.155. The predicted molar refractivity (Wildman–Crippen MR) is 56.9 cm³/mol. The van der Waals surface area contributed by atoms with Crippen LogP contribution in [0.3, 0.4) is 0 Å². The molecule has 2 nitrogen and oxygen atoms in total. The molecule has 1 spiro atoms. The van der Waals surface area contributed by atoms with E-state index in [1.54, 1.807) is 0 Å². The maximum Gasteiger partial charge on any atom is 0.228 e. The van der Waals surface area contributed by atoms with Gasteiger partial charge < -0.3 is 5.32 Å². The molecule has 0 bridgehead atoms. The highest BCUT2D eigenvalue weighted by Crippen LogP contribution is 2.50. The first-order valence-corrected chi connectivity index (χ1v) is 5.78. The molecule has 1 aliphatic carbocycles. The largest absolute Gasteiger partial charge is 0.351 e. The smallest absolute Gasteiger partial charge is 0.228 e. The summed E-state index contributed by atoms with van der Waals surface area (Å²) in [4.78, 5) is 11.8. The Morgan fingerprint density at radius 2 is 1.79 bits per heavy atom. The van der Waals surface area contributed by atoms with Crippen LogP contribution in [0.5, 0.6) is 0 Å². The number of nitrogens with one attached hydrogen (secondary N) is 1. The minimum absolute atomic E-state index is 0.0104.